The number of likely N-dealkylation sites (tertiary alicyclic amines) is 1. The molecule has 3 rings (SSSR count). The highest BCUT2D eigenvalue weighted by molar-refractivity contribution is 5.92. The SMILES string of the molecule is O=C(O)N1CC(Nc2nccc3cc(O)ccc23)C1. The topological polar surface area (TPSA) is 85.7 Å². The van der Waals surface area contributed by atoms with Gasteiger partial charge in [-0.25, -0.2) is 9.78 Å². The third kappa shape index (κ3) is 2.12. The molecule has 1 amide bonds. The molecule has 0 radical (unpaired) electrons. The molecule has 0 atom stereocenters. The Morgan fingerprint density at radius 2 is 2.16 bits per heavy atom. The van der Waals surface area contributed by atoms with Gasteiger partial charge in [0.05, 0.1) is 6.04 Å². The van der Waals surface area contributed by atoms with Crippen LogP contribution in [0.1, 0.15) is 0 Å². The normalized spacial score (nSPS) is 15.3. The molecule has 3 N–H and O–H groups in total. The summed E-state index contributed by atoms with van der Waals surface area (Å²) in [7, 11) is 0. The number of fused-ring (bicyclic) bond motifs is 1. The Hall–Kier alpha value is -2.50. The molecular weight excluding hydrogens is 246 g/mol. The van der Waals surface area contributed by atoms with E-state index in [0.29, 0.717) is 18.9 Å². The van der Waals surface area contributed by atoms with Gasteiger partial charge in [0.2, 0.25) is 0 Å². The first-order valence-electron chi connectivity index (χ1n) is 5.95. The summed E-state index contributed by atoms with van der Waals surface area (Å²) < 4.78 is 0. The number of amides is 1. The molecule has 0 saturated carbocycles. The van der Waals surface area contributed by atoms with Gasteiger partial charge in [0.15, 0.2) is 0 Å². The smallest absolute Gasteiger partial charge is 0.407 e. The number of hydrogen-bond donors (Lipinski definition) is 3. The zero-order chi connectivity index (χ0) is 13.4. The summed E-state index contributed by atoms with van der Waals surface area (Å²) in [6, 6.07) is 6.99. The molecule has 1 aliphatic rings. The van der Waals surface area contributed by atoms with E-state index in [0.717, 1.165) is 10.8 Å². The average Bonchev–Trinajstić information content (AvgIpc) is 2.32. The van der Waals surface area contributed by atoms with Crippen LogP contribution in [0.4, 0.5) is 10.6 Å². The molecule has 6 nitrogen and oxygen atoms in total. The molecule has 6 heteroatoms. The number of hydrogen-bond acceptors (Lipinski definition) is 4. The average molecular weight is 259 g/mol. The number of pyridine rings is 1. The lowest BCUT2D eigenvalue weighted by molar-refractivity contribution is 0.111. The van der Waals surface area contributed by atoms with Gasteiger partial charge >= 0.3 is 6.09 Å². The Morgan fingerprint density at radius 3 is 2.89 bits per heavy atom. The van der Waals surface area contributed by atoms with Crippen LogP contribution in [0.3, 0.4) is 0 Å². The highest BCUT2D eigenvalue weighted by Crippen LogP contribution is 2.26. The van der Waals surface area contributed by atoms with Gasteiger partial charge in [-0.2, -0.15) is 0 Å². The third-order valence-electron chi connectivity index (χ3n) is 3.24. The van der Waals surface area contributed by atoms with E-state index in [4.69, 9.17) is 5.11 Å². The monoisotopic (exact) mass is 259 g/mol. The van der Waals surface area contributed by atoms with Crippen LogP contribution in [-0.4, -0.2) is 45.3 Å². The molecule has 1 aromatic carbocycles. The van der Waals surface area contributed by atoms with Gasteiger partial charge in [0, 0.05) is 24.7 Å². The highest BCUT2D eigenvalue weighted by atomic mass is 16.4. The summed E-state index contributed by atoms with van der Waals surface area (Å²) in [5, 5.41) is 23.3. The van der Waals surface area contributed by atoms with Crippen LogP contribution in [0.2, 0.25) is 0 Å². The lowest BCUT2D eigenvalue weighted by Gasteiger charge is -2.37. The van der Waals surface area contributed by atoms with Crippen molar-refractivity contribution >= 4 is 22.7 Å². The van der Waals surface area contributed by atoms with Crippen molar-refractivity contribution in [3.05, 3.63) is 30.5 Å². The van der Waals surface area contributed by atoms with Crippen molar-refractivity contribution in [1.82, 2.24) is 9.88 Å². The van der Waals surface area contributed by atoms with Gasteiger partial charge in [-0.3, -0.25) is 0 Å². The Balaban J connectivity index is 1.80. The maximum atomic E-state index is 10.7. The number of aromatic nitrogens is 1. The van der Waals surface area contributed by atoms with E-state index in [1.54, 1.807) is 24.4 Å². The van der Waals surface area contributed by atoms with Gasteiger partial charge in [0.1, 0.15) is 11.6 Å². The van der Waals surface area contributed by atoms with Crippen LogP contribution < -0.4 is 5.32 Å². The van der Waals surface area contributed by atoms with E-state index < -0.39 is 6.09 Å². The van der Waals surface area contributed by atoms with Crippen molar-refractivity contribution in [3.63, 3.8) is 0 Å². The van der Waals surface area contributed by atoms with E-state index in [1.807, 2.05) is 6.07 Å². The molecule has 2 heterocycles. The molecular formula is C13H13N3O3. The molecule has 1 fully saturated rings. The van der Waals surface area contributed by atoms with E-state index in [-0.39, 0.29) is 11.8 Å². The fourth-order valence-electron chi connectivity index (χ4n) is 2.20. The van der Waals surface area contributed by atoms with Crippen molar-refractivity contribution < 1.29 is 15.0 Å². The largest absolute Gasteiger partial charge is 0.508 e. The zero-order valence-electron chi connectivity index (χ0n) is 10.1. The first-order valence-corrected chi connectivity index (χ1v) is 5.95. The third-order valence-corrected chi connectivity index (χ3v) is 3.24. The van der Waals surface area contributed by atoms with Crippen LogP contribution in [-0.2, 0) is 0 Å². The second-order valence-electron chi connectivity index (χ2n) is 4.59. The number of anilines is 1. The fraction of sp³-hybridized carbons (Fsp3) is 0.231. The summed E-state index contributed by atoms with van der Waals surface area (Å²) in [5.74, 6) is 0.929. The Morgan fingerprint density at radius 1 is 1.37 bits per heavy atom. The summed E-state index contributed by atoms with van der Waals surface area (Å²) in [6.45, 7) is 0.928. The van der Waals surface area contributed by atoms with E-state index in [2.05, 4.69) is 10.3 Å². The maximum Gasteiger partial charge on any atom is 0.407 e. The van der Waals surface area contributed by atoms with Gasteiger partial charge < -0.3 is 20.4 Å². The fourth-order valence-corrected chi connectivity index (χ4v) is 2.20. The number of phenols is 1. The van der Waals surface area contributed by atoms with E-state index in [9.17, 15) is 9.90 Å². The Kier molecular flexibility index (Phi) is 2.63. The van der Waals surface area contributed by atoms with Crippen LogP contribution in [0.5, 0.6) is 5.75 Å². The van der Waals surface area contributed by atoms with Crippen molar-refractivity contribution in [2.24, 2.45) is 0 Å². The lowest BCUT2D eigenvalue weighted by Crippen LogP contribution is -2.56. The van der Waals surface area contributed by atoms with Gasteiger partial charge in [-0.15, -0.1) is 0 Å². The second kappa shape index (κ2) is 4.31. The number of carboxylic acid groups (broad SMARTS) is 1. The first-order chi connectivity index (χ1) is 9.13. The Labute approximate surface area is 109 Å². The maximum absolute atomic E-state index is 10.7. The number of nitrogens with zero attached hydrogens (tertiary/aromatic N) is 2. The molecule has 0 aliphatic carbocycles. The minimum atomic E-state index is -0.895. The van der Waals surface area contributed by atoms with Crippen LogP contribution in [0.15, 0.2) is 30.5 Å². The highest BCUT2D eigenvalue weighted by Gasteiger charge is 2.30. The Bertz CT molecular complexity index is 638. The zero-order valence-corrected chi connectivity index (χ0v) is 10.1. The number of benzene rings is 1. The summed E-state index contributed by atoms with van der Waals surface area (Å²) in [6.07, 6.45) is 0.770. The minimum absolute atomic E-state index is 0.0861. The van der Waals surface area contributed by atoms with Crippen LogP contribution in [0.25, 0.3) is 10.8 Å². The molecule has 1 aliphatic heterocycles. The predicted molar refractivity (Wildman–Crippen MR) is 70.4 cm³/mol. The van der Waals surface area contributed by atoms with Crippen LogP contribution in [0, 0.1) is 0 Å². The summed E-state index contributed by atoms with van der Waals surface area (Å²) in [4.78, 5) is 16.3. The lowest BCUT2D eigenvalue weighted by atomic mass is 10.1. The second-order valence-corrected chi connectivity index (χ2v) is 4.59. The standard InChI is InChI=1S/C13H13N3O3/c17-10-1-2-11-8(5-10)3-4-14-12(11)15-9-6-16(7-9)13(18)19/h1-5,9,17H,6-7H2,(H,14,15)(H,18,19). The number of rotatable bonds is 2. The first kappa shape index (κ1) is 11.6. The molecule has 1 aromatic heterocycles. The quantitative estimate of drug-likeness (QED) is 0.764. The van der Waals surface area contributed by atoms with E-state index >= 15 is 0 Å². The summed E-state index contributed by atoms with van der Waals surface area (Å²) >= 11 is 0. The van der Waals surface area contributed by atoms with Crippen molar-refractivity contribution in [1.29, 1.82) is 0 Å². The number of carbonyl (C=O) groups is 1. The van der Waals surface area contributed by atoms with E-state index in [1.165, 1.54) is 4.90 Å². The van der Waals surface area contributed by atoms with Crippen molar-refractivity contribution in [2.45, 2.75) is 6.04 Å². The van der Waals surface area contributed by atoms with Crippen molar-refractivity contribution in [2.75, 3.05) is 18.4 Å². The molecule has 0 bridgehead atoms. The van der Waals surface area contributed by atoms with Crippen molar-refractivity contribution in [3.8, 4) is 5.75 Å². The molecule has 19 heavy (non-hydrogen) atoms. The molecule has 0 unspecified atom stereocenters. The van der Waals surface area contributed by atoms with Gasteiger partial charge in [-0.05, 0) is 29.7 Å². The predicted octanol–water partition coefficient (Wildman–Crippen LogP) is 1.71. The van der Waals surface area contributed by atoms with Crippen LogP contribution >= 0.6 is 0 Å². The molecule has 1 saturated heterocycles. The molecule has 98 valence electrons. The molecule has 2 aromatic rings. The number of aromatic hydroxyl groups is 1. The molecule has 0 spiro atoms. The summed E-state index contributed by atoms with van der Waals surface area (Å²) in [5.41, 5.74) is 0. The minimum Gasteiger partial charge on any atom is -0.508 e. The van der Waals surface area contributed by atoms with Gasteiger partial charge in [-0.1, -0.05) is 0 Å². The number of phenolic OH excluding ortho intramolecular Hbond substituents is 1. The number of nitrogens with one attached hydrogen (secondary N) is 1. The van der Waals surface area contributed by atoms with Gasteiger partial charge in [0.25, 0.3) is 0 Å².